The molecule has 0 bridgehead atoms. The van der Waals surface area contributed by atoms with E-state index in [9.17, 15) is 14.7 Å². The maximum atomic E-state index is 12.0. The van der Waals surface area contributed by atoms with Gasteiger partial charge in [0.2, 0.25) is 0 Å². The van der Waals surface area contributed by atoms with Gasteiger partial charge >= 0.3 is 5.97 Å². The molecule has 0 radical (unpaired) electrons. The highest BCUT2D eigenvalue weighted by molar-refractivity contribution is 5.97. The number of anilines is 1. The fourth-order valence-corrected chi connectivity index (χ4v) is 2.11. The molecule has 2 rings (SSSR count). The van der Waals surface area contributed by atoms with Crippen LogP contribution in [0.3, 0.4) is 0 Å². The molecule has 25 heavy (non-hydrogen) atoms. The van der Waals surface area contributed by atoms with Crippen molar-refractivity contribution in [2.45, 2.75) is 6.92 Å². The first-order valence-electron chi connectivity index (χ1n) is 7.43. The van der Waals surface area contributed by atoms with E-state index in [1.54, 1.807) is 31.2 Å². The predicted molar refractivity (Wildman–Crippen MR) is 91.3 cm³/mol. The zero-order chi connectivity index (χ0) is 18.4. The number of phenols is 1. The minimum atomic E-state index is -0.783. The number of amides is 1. The van der Waals surface area contributed by atoms with E-state index < -0.39 is 18.5 Å². The molecule has 0 saturated carbocycles. The topological polar surface area (TPSA) is 94.1 Å². The van der Waals surface area contributed by atoms with Gasteiger partial charge in [0.25, 0.3) is 5.91 Å². The van der Waals surface area contributed by atoms with Crippen LogP contribution in [0.15, 0.2) is 36.4 Å². The summed E-state index contributed by atoms with van der Waals surface area (Å²) >= 11 is 0. The molecule has 0 spiro atoms. The number of benzene rings is 2. The van der Waals surface area contributed by atoms with Gasteiger partial charge in [-0.25, -0.2) is 4.79 Å². The molecule has 0 aliphatic heterocycles. The van der Waals surface area contributed by atoms with Gasteiger partial charge in [0.15, 0.2) is 6.61 Å². The standard InChI is InChI=1S/C18H19NO6/c1-11-4-6-13(15(20)8-11)18(22)25-10-17(21)19-14-7-5-12(23-2)9-16(14)24-3/h4-9,20H,10H2,1-3H3,(H,19,21). The zero-order valence-corrected chi connectivity index (χ0v) is 14.2. The molecule has 2 aromatic rings. The SMILES string of the molecule is COc1ccc(NC(=O)COC(=O)c2ccc(C)cc2O)c(OC)c1. The highest BCUT2D eigenvalue weighted by Gasteiger charge is 2.15. The van der Waals surface area contributed by atoms with Crippen molar-refractivity contribution >= 4 is 17.6 Å². The third-order valence-corrected chi connectivity index (χ3v) is 3.39. The number of aromatic hydroxyl groups is 1. The molecule has 7 heteroatoms. The summed E-state index contributed by atoms with van der Waals surface area (Å²) in [4.78, 5) is 23.9. The summed E-state index contributed by atoms with van der Waals surface area (Å²) in [5.41, 5.74) is 1.22. The van der Waals surface area contributed by atoms with E-state index in [-0.39, 0.29) is 11.3 Å². The summed E-state index contributed by atoms with van der Waals surface area (Å²) in [5, 5.41) is 12.3. The van der Waals surface area contributed by atoms with E-state index in [1.807, 2.05) is 0 Å². The average molecular weight is 345 g/mol. The van der Waals surface area contributed by atoms with Crippen LogP contribution in [0.2, 0.25) is 0 Å². The van der Waals surface area contributed by atoms with Crippen molar-refractivity contribution in [3.05, 3.63) is 47.5 Å². The Balaban J connectivity index is 1.98. The second kappa shape index (κ2) is 8.05. The molecule has 0 aliphatic carbocycles. The lowest BCUT2D eigenvalue weighted by Crippen LogP contribution is -2.21. The molecule has 0 saturated heterocycles. The highest BCUT2D eigenvalue weighted by Crippen LogP contribution is 2.29. The fraction of sp³-hybridized carbons (Fsp3) is 0.222. The summed E-state index contributed by atoms with van der Waals surface area (Å²) in [5.74, 6) is -0.522. The average Bonchev–Trinajstić information content (AvgIpc) is 2.60. The number of esters is 1. The van der Waals surface area contributed by atoms with Gasteiger partial charge in [-0.05, 0) is 36.8 Å². The van der Waals surface area contributed by atoms with Gasteiger partial charge in [0.1, 0.15) is 22.8 Å². The third kappa shape index (κ3) is 4.63. The van der Waals surface area contributed by atoms with Crippen LogP contribution in [-0.2, 0) is 9.53 Å². The van der Waals surface area contributed by atoms with Crippen molar-refractivity contribution in [3.8, 4) is 17.2 Å². The van der Waals surface area contributed by atoms with Crippen molar-refractivity contribution in [1.82, 2.24) is 0 Å². The van der Waals surface area contributed by atoms with E-state index in [4.69, 9.17) is 14.2 Å². The Labute approximate surface area is 145 Å². The van der Waals surface area contributed by atoms with Crippen LogP contribution in [0.5, 0.6) is 17.2 Å². The van der Waals surface area contributed by atoms with Crippen LogP contribution < -0.4 is 14.8 Å². The number of rotatable bonds is 6. The van der Waals surface area contributed by atoms with Crippen molar-refractivity contribution in [1.29, 1.82) is 0 Å². The number of hydrogen-bond donors (Lipinski definition) is 2. The van der Waals surface area contributed by atoms with Gasteiger partial charge in [0.05, 0.1) is 19.9 Å². The molecular weight excluding hydrogens is 326 g/mol. The lowest BCUT2D eigenvalue weighted by Gasteiger charge is -2.12. The van der Waals surface area contributed by atoms with Gasteiger partial charge in [-0.2, -0.15) is 0 Å². The first kappa shape index (κ1) is 18.1. The maximum absolute atomic E-state index is 12.0. The van der Waals surface area contributed by atoms with Crippen LogP contribution >= 0.6 is 0 Å². The molecule has 132 valence electrons. The number of carbonyl (C=O) groups excluding carboxylic acids is 2. The Morgan fingerprint density at radius 1 is 1.08 bits per heavy atom. The second-order valence-corrected chi connectivity index (χ2v) is 5.21. The van der Waals surface area contributed by atoms with Crippen LogP contribution in [0, 0.1) is 6.92 Å². The molecule has 7 nitrogen and oxygen atoms in total. The fourth-order valence-electron chi connectivity index (χ4n) is 2.11. The van der Waals surface area contributed by atoms with E-state index in [0.717, 1.165) is 5.56 Å². The third-order valence-electron chi connectivity index (χ3n) is 3.39. The van der Waals surface area contributed by atoms with E-state index in [2.05, 4.69) is 5.32 Å². The first-order valence-corrected chi connectivity index (χ1v) is 7.43. The number of phenolic OH excluding ortho intramolecular Hbond substituents is 1. The summed E-state index contributed by atoms with van der Waals surface area (Å²) < 4.78 is 15.2. The minimum Gasteiger partial charge on any atom is -0.507 e. The Kier molecular flexibility index (Phi) is 5.84. The summed E-state index contributed by atoms with van der Waals surface area (Å²) in [6.07, 6.45) is 0. The monoisotopic (exact) mass is 345 g/mol. The molecule has 1 amide bonds. The quantitative estimate of drug-likeness (QED) is 0.781. The van der Waals surface area contributed by atoms with Crippen molar-refractivity contribution in [2.24, 2.45) is 0 Å². The molecule has 0 fully saturated rings. The Morgan fingerprint density at radius 3 is 2.48 bits per heavy atom. The van der Waals surface area contributed by atoms with Crippen molar-refractivity contribution in [2.75, 3.05) is 26.1 Å². The van der Waals surface area contributed by atoms with Crippen LogP contribution in [-0.4, -0.2) is 37.8 Å². The second-order valence-electron chi connectivity index (χ2n) is 5.21. The number of nitrogens with one attached hydrogen (secondary N) is 1. The van der Waals surface area contributed by atoms with Crippen molar-refractivity contribution in [3.63, 3.8) is 0 Å². The van der Waals surface area contributed by atoms with Gasteiger partial charge in [0, 0.05) is 6.07 Å². The van der Waals surface area contributed by atoms with Crippen LogP contribution in [0.25, 0.3) is 0 Å². The molecule has 0 atom stereocenters. The Morgan fingerprint density at radius 2 is 1.84 bits per heavy atom. The first-order chi connectivity index (χ1) is 11.9. The minimum absolute atomic E-state index is 0.000396. The zero-order valence-electron chi connectivity index (χ0n) is 14.2. The van der Waals surface area contributed by atoms with Gasteiger partial charge in [-0.15, -0.1) is 0 Å². The van der Waals surface area contributed by atoms with E-state index >= 15 is 0 Å². The smallest absolute Gasteiger partial charge is 0.342 e. The molecule has 0 heterocycles. The normalized spacial score (nSPS) is 10.0. The molecule has 2 N–H and O–H groups in total. The molecule has 0 unspecified atom stereocenters. The number of carbonyl (C=O) groups is 2. The highest BCUT2D eigenvalue weighted by atomic mass is 16.5. The molecule has 2 aromatic carbocycles. The molecule has 0 aliphatic rings. The van der Waals surface area contributed by atoms with Crippen molar-refractivity contribution < 1.29 is 28.9 Å². The van der Waals surface area contributed by atoms with E-state index in [1.165, 1.54) is 26.4 Å². The Bertz CT molecular complexity index is 787. The number of aryl methyl sites for hydroxylation is 1. The molecular formula is C18H19NO6. The van der Waals surface area contributed by atoms with Gasteiger partial charge < -0.3 is 24.6 Å². The number of ether oxygens (including phenoxy) is 3. The van der Waals surface area contributed by atoms with Crippen LogP contribution in [0.4, 0.5) is 5.69 Å². The summed E-state index contributed by atoms with van der Waals surface area (Å²) in [6.45, 7) is 1.28. The van der Waals surface area contributed by atoms with Gasteiger partial charge in [-0.3, -0.25) is 4.79 Å². The maximum Gasteiger partial charge on any atom is 0.342 e. The molecule has 0 aromatic heterocycles. The van der Waals surface area contributed by atoms with E-state index in [0.29, 0.717) is 17.2 Å². The number of methoxy groups -OCH3 is 2. The summed E-state index contributed by atoms with van der Waals surface area (Å²) in [6, 6.07) is 9.44. The summed E-state index contributed by atoms with van der Waals surface area (Å²) in [7, 11) is 2.98. The van der Waals surface area contributed by atoms with Crippen LogP contribution in [0.1, 0.15) is 15.9 Å². The Hall–Kier alpha value is -3.22. The number of hydrogen-bond acceptors (Lipinski definition) is 6. The largest absolute Gasteiger partial charge is 0.507 e. The predicted octanol–water partition coefficient (Wildman–Crippen LogP) is 2.51. The van der Waals surface area contributed by atoms with Gasteiger partial charge in [-0.1, -0.05) is 6.07 Å². The lowest BCUT2D eigenvalue weighted by molar-refractivity contribution is -0.119. The lowest BCUT2D eigenvalue weighted by atomic mass is 10.1.